The van der Waals surface area contributed by atoms with E-state index in [4.69, 9.17) is 4.74 Å². The number of hydrogen-bond acceptors (Lipinski definition) is 3. The minimum absolute atomic E-state index is 0.882. The van der Waals surface area contributed by atoms with Crippen LogP contribution in [-0.2, 0) is 4.74 Å². The molecule has 0 aliphatic carbocycles. The van der Waals surface area contributed by atoms with E-state index in [0.29, 0.717) is 0 Å². The normalized spacial score (nSPS) is 34.8. The molecule has 0 radical (unpaired) electrons. The Morgan fingerprint density at radius 1 is 1.31 bits per heavy atom. The number of fused-ring (bicyclic) bond motifs is 2. The first kappa shape index (κ1) is 9.44. The number of ether oxygens (including phenoxy) is 1. The number of nitrogens with zero attached hydrogens (tertiary/aromatic N) is 1. The van der Waals surface area contributed by atoms with Crippen LogP contribution in [0.5, 0.6) is 0 Å². The summed E-state index contributed by atoms with van der Waals surface area (Å²) in [5.74, 6) is 1.79. The smallest absolute Gasteiger partial charge is 0.0589 e. The zero-order valence-electron chi connectivity index (χ0n) is 8.46. The van der Waals surface area contributed by atoms with E-state index in [1.165, 1.54) is 32.6 Å². The van der Waals surface area contributed by atoms with Crippen LogP contribution in [0.25, 0.3) is 0 Å². The van der Waals surface area contributed by atoms with E-state index in [1.54, 1.807) is 7.11 Å². The van der Waals surface area contributed by atoms with Gasteiger partial charge in [-0.25, -0.2) is 0 Å². The van der Waals surface area contributed by atoms with Crippen molar-refractivity contribution in [2.24, 2.45) is 11.8 Å². The van der Waals surface area contributed by atoms with Crippen LogP contribution in [0.1, 0.15) is 6.42 Å². The number of rotatable bonds is 3. The van der Waals surface area contributed by atoms with Crippen LogP contribution in [0, 0.1) is 11.8 Å². The van der Waals surface area contributed by atoms with Gasteiger partial charge in [-0.05, 0) is 31.3 Å². The fourth-order valence-corrected chi connectivity index (χ4v) is 2.62. The third kappa shape index (κ3) is 2.42. The molecule has 0 spiro atoms. The number of hydrogen-bond donors (Lipinski definition) is 1. The van der Waals surface area contributed by atoms with Crippen molar-refractivity contribution in [1.82, 2.24) is 10.2 Å². The second-order valence-corrected chi connectivity index (χ2v) is 4.38. The molecular weight excluding hydrogens is 164 g/mol. The number of methoxy groups -OCH3 is 1. The molecule has 0 saturated carbocycles. The largest absolute Gasteiger partial charge is 0.383 e. The van der Waals surface area contributed by atoms with Gasteiger partial charge >= 0.3 is 0 Å². The lowest BCUT2D eigenvalue weighted by molar-refractivity contribution is 0.0703. The molecule has 0 aromatic carbocycles. The molecule has 3 nitrogen and oxygen atoms in total. The van der Waals surface area contributed by atoms with Gasteiger partial charge in [0.1, 0.15) is 0 Å². The minimum Gasteiger partial charge on any atom is -0.383 e. The van der Waals surface area contributed by atoms with Gasteiger partial charge in [0.05, 0.1) is 6.61 Å². The molecule has 2 aliphatic heterocycles. The van der Waals surface area contributed by atoms with Gasteiger partial charge in [-0.1, -0.05) is 0 Å². The van der Waals surface area contributed by atoms with Crippen LogP contribution in [0.4, 0.5) is 0 Å². The van der Waals surface area contributed by atoms with E-state index in [9.17, 15) is 0 Å². The van der Waals surface area contributed by atoms with Crippen LogP contribution in [0.2, 0.25) is 0 Å². The van der Waals surface area contributed by atoms with Crippen molar-refractivity contribution in [1.29, 1.82) is 0 Å². The lowest BCUT2D eigenvalue weighted by atomic mass is 9.86. The SMILES string of the molecule is COCCN1C[C@@H]2CNC[C@@H](C2)C1. The molecule has 1 N–H and O–H groups in total. The first-order valence-electron chi connectivity index (χ1n) is 5.30. The Morgan fingerprint density at radius 3 is 2.62 bits per heavy atom. The molecule has 0 amide bonds. The van der Waals surface area contributed by atoms with Gasteiger partial charge in [0, 0.05) is 26.7 Å². The third-order valence-corrected chi connectivity index (χ3v) is 3.18. The predicted octanol–water partition coefficient (Wildman–Crippen LogP) is 0.174. The summed E-state index contributed by atoms with van der Waals surface area (Å²) < 4.78 is 5.11. The van der Waals surface area contributed by atoms with Gasteiger partial charge in [-0.15, -0.1) is 0 Å². The summed E-state index contributed by atoms with van der Waals surface area (Å²) in [6.07, 6.45) is 1.44. The second-order valence-electron chi connectivity index (χ2n) is 4.38. The molecule has 3 heteroatoms. The van der Waals surface area contributed by atoms with Gasteiger partial charge in [-0.3, -0.25) is 0 Å². The van der Waals surface area contributed by atoms with Crippen LogP contribution >= 0.6 is 0 Å². The molecule has 2 bridgehead atoms. The molecular formula is C10H20N2O. The van der Waals surface area contributed by atoms with E-state index >= 15 is 0 Å². The Morgan fingerprint density at radius 2 is 2.00 bits per heavy atom. The van der Waals surface area contributed by atoms with Crippen molar-refractivity contribution in [3.63, 3.8) is 0 Å². The molecule has 2 fully saturated rings. The van der Waals surface area contributed by atoms with Crippen LogP contribution < -0.4 is 5.32 Å². The highest BCUT2D eigenvalue weighted by Gasteiger charge is 2.29. The van der Waals surface area contributed by atoms with Crippen molar-refractivity contribution in [3.8, 4) is 0 Å². The highest BCUT2D eigenvalue weighted by Crippen LogP contribution is 2.23. The lowest BCUT2D eigenvalue weighted by Crippen LogP contribution is -2.51. The Balaban J connectivity index is 1.80. The average molecular weight is 184 g/mol. The average Bonchev–Trinajstić information content (AvgIpc) is 2.14. The van der Waals surface area contributed by atoms with Gasteiger partial charge in [0.2, 0.25) is 0 Å². The van der Waals surface area contributed by atoms with Crippen LogP contribution in [0.3, 0.4) is 0 Å². The van der Waals surface area contributed by atoms with Crippen LogP contribution in [-0.4, -0.2) is 51.3 Å². The fourth-order valence-electron chi connectivity index (χ4n) is 2.62. The van der Waals surface area contributed by atoms with E-state index in [-0.39, 0.29) is 0 Å². The van der Waals surface area contributed by atoms with Crippen LogP contribution in [0.15, 0.2) is 0 Å². The number of nitrogens with one attached hydrogen (secondary N) is 1. The highest BCUT2D eigenvalue weighted by atomic mass is 16.5. The zero-order chi connectivity index (χ0) is 9.10. The predicted molar refractivity (Wildman–Crippen MR) is 52.8 cm³/mol. The van der Waals surface area contributed by atoms with Crippen molar-refractivity contribution in [3.05, 3.63) is 0 Å². The summed E-state index contributed by atoms with van der Waals surface area (Å²) in [4.78, 5) is 2.56. The molecule has 76 valence electrons. The first-order valence-corrected chi connectivity index (χ1v) is 5.30. The topological polar surface area (TPSA) is 24.5 Å². The summed E-state index contributed by atoms with van der Waals surface area (Å²) >= 11 is 0. The van der Waals surface area contributed by atoms with Gasteiger partial charge in [-0.2, -0.15) is 0 Å². The Bertz CT molecular complexity index is 151. The monoisotopic (exact) mass is 184 g/mol. The second kappa shape index (κ2) is 4.40. The Hall–Kier alpha value is -0.120. The molecule has 2 heterocycles. The quantitative estimate of drug-likeness (QED) is 0.677. The summed E-state index contributed by atoms with van der Waals surface area (Å²) in [6, 6.07) is 0. The highest BCUT2D eigenvalue weighted by molar-refractivity contribution is 4.85. The zero-order valence-corrected chi connectivity index (χ0v) is 8.46. The molecule has 13 heavy (non-hydrogen) atoms. The number of likely N-dealkylation sites (tertiary alicyclic amines) is 1. The Labute approximate surface area is 80.4 Å². The van der Waals surface area contributed by atoms with E-state index < -0.39 is 0 Å². The minimum atomic E-state index is 0.882. The maximum absolute atomic E-state index is 5.11. The van der Waals surface area contributed by atoms with Crippen molar-refractivity contribution in [2.75, 3.05) is 46.4 Å². The summed E-state index contributed by atoms with van der Waals surface area (Å²) in [5, 5.41) is 3.51. The maximum Gasteiger partial charge on any atom is 0.0589 e. The van der Waals surface area contributed by atoms with Gasteiger partial charge < -0.3 is 15.0 Å². The summed E-state index contributed by atoms with van der Waals surface area (Å²) in [7, 11) is 1.78. The Kier molecular flexibility index (Phi) is 3.19. The molecule has 2 aliphatic rings. The lowest BCUT2D eigenvalue weighted by Gasteiger charge is -2.41. The van der Waals surface area contributed by atoms with E-state index in [1.807, 2.05) is 0 Å². The first-order chi connectivity index (χ1) is 6.38. The molecule has 0 unspecified atom stereocenters. The van der Waals surface area contributed by atoms with E-state index in [2.05, 4.69) is 10.2 Å². The molecule has 0 aromatic heterocycles. The fraction of sp³-hybridized carbons (Fsp3) is 1.00. The van der Waals surface area contributed by atoms with Gasteiger partial charge in [0.15, 0.2) is 0 Å². The molecule has 2 rings (SSSR count). The maximum atomic E-state index is 5.11. The summed E-state index contributed by atoms with van der Waals surface area (Å²) in [5.41, 5.74) is 0. The van der Waals surface area contributed by atoms with Gasteiger partial charge in [0.25, 0.3) is 0 Å². The number of piperidine rings is 2. The van der Waals surface area contributed by atoms with Crippen molar-refractivity contribution in [2.45, 2.75) is 6.42 Å². The molecule has 2 saturated heterocycles. The molecule has 2 atom stereocenters. The standard InChI is InChI=1S/C10H20N2O/c1-13-3-2-12-7-9-4-10(8-12)6-11-5-9/h9-11H,2-8H2,1H3/t9-,10+. The van der Waals surface area contributed by atoms with E-state index in [0.717, 1.165) is 25.0 Å². The van der Waals surface area contributed by atoms with Crippen molar-refractivity contribution >= 4 is 0 Å². The third-order valence-electron chi connectivity index (χ3n) is 3.18. The summed E-state index contributed by atoms with van der Waals surface area (Å²) in [6.45, 7) is 6.98. The van der Waals surface area contributed by atoms with Crippen molar-refractivity contribution < 1.29 is 4.74 Å². The molecule has 0 aromatic rings.